The SMILES string of the molecule is CC(=O)C1=CC(C(C)(C)C)OC1C. The van der Waals surface area contributed by atoms with Crippen LogP contribution in [0.5, 0.6) is 0 Å². The second-order valence-electron chi connectivity index (χ2n) is 4.74. The van der Waals surface area contributed by atoms with Gasteiger partial charge in [-0.25, -0.2) is 0 Å². The largest absolute Gasteiger partial charge is 0.366 e. The van der Waals surface area contributed by atoms with Crippen LogP contribution in [0.25, 0.3) is 0 Å². The van der Waals surface area contributed by atoms with Gasteiger partial charge in [-0.2, -0.15) is 0 Å². The van der Waals surface area contributed by atoms with Gasteiger partial charge in [0.05, 0.1) is 12.2 Å². The third kappa shape index (κ3) is 2.19. The van der Waals surface area contributed by atoms with E-state index in [1.165, 1.54) is 0 Å². The van der Waals surface area contributed by atoms with Crippen LogP contribution in [-0.2, 0) is 9.53 Å². The van der Waals surface area contributed by atoms with Crippen LogP contribution in [0.2, 0.25) is 0 Å². The lowest BCUT2D eigenvalue weighted by Crippen LogP contribution is -2.26. The van der Waals surface area contributed by atoms with Crippen molar-refractivity contribution in [3.05, 3.63) is 11.6 Å². The maximum atomic E-state index is 11.2. The Labute approximate surface area is 80.0 Å². The topological polar surface area (TPSA) is 26.3 Å². The summed E-state index contributed by atoms with van der Waals surface area (Å²) < 4.78 is 5.69. The van der Waals surface area contributed by atoms with Crippen LogP contribution in [0.4, 0.5) is 0 Å². The van der Waals surface area contributed by atoms with Crippen molar-refractivity contribution < 1.29 is 9.53 Å². The fourth-order valence-electron chi connectivity index (χ4n) is 1.49. The number of carbonyl (C=O) groups excluding carboxylic acids is 1. The molecule has 0 fully saturated rings. The monoisotopic (exact) mass is 182 g/mol. The molecule has 1 rings (SSSR count). The first-order chi connectivity index (χ1) is 5.82. The van der Waals surface area contributed by atoms with E-state index in [-0.39, 0.29) is 23.4 Å². The third-order valence-corrected chi connectivity index (χ3v) is 2.38. The van der Waals surface area contributed by atoms with Crippen LogP contribution in [0.1, 0.15) is 34.6 Å². The Hall–Kier alpha value is -0.630. The van der Waals surface area contributed by atoms with Crippen LogP contribution < -0.4 is 0 Å². The molecule has 0 saturated heterocycles. The Bertz CT molecular complexity index is 245. The number of ether oxygens (including phenoxy) is 1. The highest BCUT2D eigenvalue weighted by Gasteiger charge is 2.33. The van der Waals surface area contributed by atoms with Gasteiger partial charge >= 0.3 is 0 Å². The van der Waals surface area contributed by atoms with Gasteiger partial charge in [0.25, 0.3) is 0 Å². The predicted molar refractivity (Wildman–Crippen MR) is 52.6 cm³/mol. The van der Waals surface area contributed by atoms with Gasteiger partial charge in [-0.15, -0.1) is 0 Å². The second-order valence-corrected chi connectivity index (χ2v) is 4.74. The van der Waals surface area contributed by atoms with Crippen molar-refractivity contribution in [1.29, 1.82) is 0 Å². The standard InChI is InChI=1S/C11H18O2/c1-7(12)9-6-10(11(3,4)5)13-8(9)2/h6,8,10H,1-5H3. The molecule has 0 saturated carbocycles. The van der Waals surface area contributed by atoms with E-state index in [9.17, 15) is 4.79 Å². The van der Waals surface area contributed by atoms with E-state index in [0.717, 1.165) is 5.57 Å². The lowest BCUT2D eigenvalue weighted by atomic mass is 9.88. The van der Waals surface area contributed by atoms with Crippen molar-refractivity contribution in [3.8, 4) is 0 Å². The molecule has 0 amide bonds. The highest BCUT2D eigenvalue weighted by Crippen LogP contribution is 2.32. The number of ketones is 1. The van der Waals surface area contributed by atoms with Crippen LogP contribution in [0.15, 0.2) is 11.6 Å². The van der Waals surface area contributed by atoms with Gasteiger partial charge < -0.3 is 4.74 Å². The van der Waals surface area contributed by atoms with Crippen molar-refractivity contribution in [2.75, 3.05) is 0 Å². The molecule has 1 aliphatic heterocycles. The molecule has 0 aromatic heterocycles. The lowest BCUT2D eigenvalue weighted by molar-refractivity contribution is -0.114. The predicted octanol–water partition coefficient (Wildman–Crippen LogP) is 2.34. The van der Waals surface area contributed by atoms with E-state index in [1.54, 1.807) is 6.92 Å². The molecule has 2 atom stereocenters. The summed E-state index contributed by atoms with van der Waals surface area (Å²) in [5, 5.41) is 0. The minimum Gasteiger partial charge on any atom is -0.366 e. The van der Waals surface area contributed by atoms with Crippen LogP contribution in [0, 0.1) is 5.41 Å². The smallest absolute Gasteiger partial charge is 0.158 e. The molecule has 0 spiro atoms. The Kier molecular flexibility index (Phi) is 2.62. The number of hydrogen-bond acceptors (Lipinski definition) is 2. The van der Waals surface area contributed by atoms with E-state index in [0.29, 0.717) is 0 Å². The average molecular weight is 182 g/mol. The summed E-state index contributed by atoms with van der Waals surface area (Å²) in [5.74, 6) is 0.124. The number of carbonyl (C=O) groups is 1. The van der Waals surface area contributed by atoms with Crippen molar-refractivity contribution in [3.63, 3.8) is 0 Å². The summed E-state index contributed by atoms with van der Waals surface area (Å²) in [6.45, 7) is 9.87. The van der Waals surface area contributed by atoms with Crippen molar-refractivity contribution >= 4 is 5.78 Å². The van der Waals surface area contributed by atoms with Crippen molar-refractivity contribution in [1.82, 2.24) is 0 Å². The highest BCUT2D eigenvalue weighted by atomic mass is 16.5. The zero-order valence-corrected chi connectivity index (χ0v) is 9.05. The highest BCUT2D eigenvalue weighted by molar-refractivity contribution is 5.94. The molecule has 0 radical (unpaired) electrons. The maximum absolute atomic E-state index is 11.2. The number of Topliss-reactive ketones (excluding diaryl/α,β-unsaturated/α-hetero) is 1. The van der Waals surface area contributed by atoms with E-state index >= 15 is 0 Å². The minimum atomic E-state index is -0.0401. The first-order valence-corrected chi connectivity index (χ1v) is 4.70. The molecule has 1 heterocycles. The molecule has 13 heavy (non-hydrogen) atoms. The number of rotatable bonds is 1. The third-order valence-electron chi connectivity index (χ3n) is 2.38. The van der Waals surface area contributed by atoms with Crippen molar-refractivity contribution in [2.45, 2.75) is 46.8 Å². The zero-order chi connectivity index (χ0) is 10.2. The van der Waals surface area contributed by atoms with Crippen LogP contribution >= 0.6 is 0 Å². The summed E-state index contributed by atoms with van der Waals surface area (Å²) in [4.78, 5) is 11.2. The second kappa shape index (κ2) is 3.26. The molecule has 0 N–H and O–H groups in total. The fourth-order valence-corrected chi connectivity index (χ4v) is 1.49. The van der Waals surface area contributed by atoms with E-state index in [2.05, 4.69) is 20.8 Å². The normalized spacial score (nSPS) is 28.8. The molecule has 0 aromatic carbocycles. The van der Waals surface area contributed by atoms with Crippen LogP contribution in [0.3, 0.4) is 0 Å². The minimum absolute atomic E-state index is 0.0401. The Morgan fingerprint density at radius 1 is 1.46 bits per heavy atom. The molecule has 0 aromatic rings. The fraction of sp³-hybridized carbons (Fsp3) is 0.727. The molecule has 2 unspecified atom stereocenters. The van der Waals surface area contributed by atoms with Crippen LogP contribution in [-0.4, -0.2) is 18.0 Å². The lowest BCUT2D eigenvalue weighted by Gasteiger charge is -2.25. The van der Waals surface area contributed by atoms with E-state index in [1.807, 2.05) is 13.0 Å². The van der Waals surface area contributed by atoms with E-state index in [4.69, 9.17) is 4.74 Å². The molecule has 2 heteroatoms. The quantitative estimate of drug-likeness (QED) is 0.622. The van der Waals surface area contributed by atoms with Crippen molar-refractivity contribution in [2.24, 2.45) is 5.41 Å². The summed E-state index contributed by atoms with van der Waals surface area (Å²) in [6.07, 6.45) is 2.00. The molecular weight excluding hydrogens is 164 g/mol. The first-order valence-electron chi connectivity index (χ1n) is 4.70. The molecular formula is C11H18O2. The molecule has 1 aliphatic rings. The molecule has 74 valence electrons. The Balaban J connectivity index is 2.84. The zero-order valence-electron chi connectivity index (χ0n) is 9.05. The number of hydrogen-bond donors (Lipinski definition) is 0. The Morgan fingerprint density at radius 2 is 2.00 bits per heavy atom. The van der Waals surface area contributed by atoms with Gasteiger partial charge in [-0.3, -0.25) is 4.79 Å². The Morgan fingerprint density at radius 3 is 2.23 bits per heavy atom. The maximum Gasteiger partial charge on any atom is 0.158 e. The molecule has 2 nitrogen and oxygen atoms in total. The average Bonchev–Trinajstić information content (AvgIpc) is 2.29. The van der Waals surface area contributed by atoms with Gasteiger partial charge in [0.2, 0.25) is 0 Å². The van der Waals surface area contributed by atoms with Gasteiger partial charge in [0.1, 0.15) is 0 Å². The molecule has 0 aliphatic carbocycles. The summed E-state index contributed by atoms with van der Waals surface area (Å²) >= 11 is 0. The van der Waals surface area contributed by atoms with Gasteiger partial charge in [-0.05, 0) is 25.3 Å². The van der Waals surface area contributed by atoms with Gasteiger partial charge in [0, 0.05) is 5.57 Å². The van der Waals surface area contributed by atoms with Gasteiger partial charge in [0.15, 0.2) is 5.78 Å². The summed E-state index contributed by atoms with van der Waals surface area (Å²) in [6, 6.07) is 0. The first kappa shape index (κ1) is 10.5. The van der Waals surface area contributed by atoms with E-state index < -0.39 is 0 Å². The summed E-state index contributed by atoms with van der Waals surface area (Å²) in [7, 11) is 0. The van der Waals surface area contributed by atoms with Gasteiger partial charge in [-0.1, -0.05) is 20.8 Å². The molecule has 0 bridgehead atoms. The summed E-state index contributed by atoms with van der Waals surface area (Å²) in [5.41, 5.74) is 0.894.